The number of anilines is 2. The van der Waals surface area contributed by atoms with Crippen LogP contribution in [0.25, 0.3) is 0 Å². The van der Waals surface area contributed by atoms with Gasteiger partial charge in [-0.25, -0.2) is 4.98 Å². The molecule has 0 fully saturated rings. The topological polar surface area (TPSA) is 72.5 Å². The van der Waals surface area contributed by atoms with E-state index in [0.29, 0.717) is 29.4 Å². The Morgan fingerprint density at radius 1 is 1.00 bits per heavy atom. The van der Waals surface area contributed by atoms with Gasteiger partial charge in [0.1, 0.15) is 5.69 Å². The van der Waals surface area contributed by atoms with E-state index >= 15 is 0 Å². The molecule has 2 N–H and O–H groups in total. The molecular weight excluding hydrogens is 342 g/mol. The predicted molar refractivity (Wildman–Crippen MR) is 103 cm³/mol. The van der Waals surface area contributed by atoms with Gasteiger partial charge < -0.3 is 20.1 Å². The van der Waals surface area contributed by atoms with Crippen LogP contribution in [0.2, 0.25) is 0 Å². The second-order valence-corrected chi connectivity index (χ2v) is 6.29. The number of carbonyl (C=O) groups excluding carboxylic acids is 1. The highest BCUT2D eigenvalue weighted by molar-refractivity contribution is 6.03. The van der Waals surface area contributed by atoms with E-state index in [2.05, 4.69) is 46.8 Å². The van der Waals surface area contributed by atoms with Crippen molar-refractivity contribution in [2.24, 2.45) is 0 Å². The van der Waals surface area contributed by atoms with Crippen LogP contribution in [-0.2, 0) is 6.54 Å². The van der Waals surface area contributed by atoms with Crippen molar-refractivity contribution in [3.8, 4) is 11.5 Å². The fourth-order valence-electron chi connectivity index (χ4n) is 2.71. The van der Waals surface area contributed by atoms with Crippen molar-refractivity contribution in [3.05, 3.63) is 77.6 Å². The smallest absolute Gasteiger partial charge is 0.274 e. The van der Waals surface area contributed by atoms with Gasteiger partial charge in [0.25, 0.3) is 5.91 Å². The van der Waals surface area contributed by atoms with Crippen LogP contribution in [0.15, 0.2) is 60.8 Å². The van der Waals surface area contributed by atoms with Crippen molar-refractivity contribution >= 4 is 17.3 Å². The van der Waals surface area contributed by atoms with Gasteiger partial charge in [0.05, 0.1) is 11.9 Å². The maximum absolute atomic E-state index is 12.4. The van der Waals surface area contributed by atoms with Crippen LogP contribution < -0.4 is 20.1 Å². The fourth-order valence-corrected chi connectivity index (χ4v) is 2.71. The number of amides is 1. The quantitative estimate of drug-likeness (QED) is 0.719. The molecule has 0 spiro atoms. The molecule has 0 aliphatic carbocycles. The van der Waals surface area contributed by atoms with Gasteiger partial charge in [0.2, 0.25) is 6.79 Å². The second kappa shape index (κ2) is 7.37. The summed E-state index contributed by atoms with van der Waals surface area (Å²) in [4.78, 5) is 16.6. The number of carbonyl (C=O) groups is 1. The highest BCUT2D eigenvalue weighted by atomic mass is 16.7. The average molecular weight is 361 g/mol. The van der Waals surface area contributed by atoms with Gasteiger partial charge in [0.15, 0.2) is 11.5 Å². The molecule has 1 aromatic heterocycles. The molecule has 1 amide bonds. The number of aryl methyl sites for hydroxylation is 1. The summed E-state index contributed by atoms with van der Waals surface area (Å²) in [6.45, 7) is 2.96. The van der Waals surface area contributed by atoms with Gasteiger partial charge in [-0.2, -0.15) is 0 Å². The van der Waals surface area contributed by atoms with Crippen LogP contribution in [0, 0.1) is 6.92 Å². The largest absolute Gasteiger partial charge is 0.454 e. The van der Waals surface area contributed by atoms with Crippen LogP contribution in [0.4, 0.5) is 11.4 Å². The number of rotatable bonds is 5. The molecule has 2 aromatic carbocycles. The maximum Gasteiger partial charge on any atom is 0.274 e. The predicted octanol–water partition coefficient (Wildman–Crippen LogP) is 3.98. The van der Waals surface area contributed by atoms with Gasteiger partial charge in [-0.1, -0.05) is 29.8 Å². The molecule has 1 aliphatic heterocycles. The minimum absolute atomic E-state index is 0.200. The Hall–Kier alpha value is -3.54. The van der Waals surface area contributed by atoms with Gasteiger partial charge in [0, 0.05) is 18.3 Å². The molecule has 0 bridgehead atoms. The van der Waals surface area contributed by atoms with Crippen LogP contribution in [-0.4, -0.2) is 17.7 Å². The van der Waals surface area contributed by atoms with E-state index in [1.807, 2.05) is 6.07 Å². The Labute approximate surface area is 157 Å². The van der Waals surface area contributed by atoms with Crippen molar-refractivity contribution < 1.29 is 14.3 Å². The zero-order chi connectivity index (χ0) is 18.6. The summed E-state index contributed by atoms with van der Waals surface area (Å²) in [5.74, 6) is 1.02. The number of fused-ring (bicyclic) bond motifs is 1. The summed E-state index contributed by atoms with van der Waals surface area (Å²) in [6.07, 6.45) is 1.66. The third-order valence-corrected chi connectivity index (χ3v) is 4.24. The van der Waals surface area contributed by atoms with Crippen molar-refractivity contribution in [2.75, 3.05) is 17.4 Å². The van der Waals surface area contributed by atoms with E-state index in [-0.39, 0.29) is 12.7 Å². The molecule has 1 aliphatic rings. The highest BCUT2D eigenvalue weighted by Gasteiger charge is 2.15. The first-order valence-corrected chi connectivity index (χ1v) is 8.64. The van der Waals surface area contributed by atoms with Gasteiger partial charge in [-0.3, -0.25) is 4.79 Å². The Balaban J connectivity index is 1.36. The van der Waals surface area contributed by atoms with E-state index < -0.39 is 0 Å². The van der Waals surface area contributed by atoms with Crippen molar-refractivity contribution in [1.29, 1.82) is 0 Å². The lowest BCUT2D eigenvalue weighted by atomic mass is 10.1. The van der Waals surface area contributed by atoms with E-state index in [1.165, 1.54) is 11.1 Å². The normalized spacial score (nSPS) is 11.9. The van der Waals surface area contributed by atoms with Gasteiger partial charge >= 0.3 is 0 Å². The molecule has 0 atom stereocenters. The third-order valence-electron chi connectivity index (χ3n) is 4.24. The number of hydrogen-bond acceptors (Lipinski definition) is 5. The molecule has 0 saturated carbocycles. The minimum atomic E-state index is -0.279. The molecule has 136 valence electrons. The van der Waals surface area contributed by atoms with Crippen molar-refractivity contribution in [2.45, 2.75) is 13.5 Å². The first-order valence-electron chi connectivity index (χ1n) is 8.64. The Morgan fingerprint density at radius 2 is 1.78 bits per heavy atom. The Kier molecular flexibility index (Phi) is 4.61. The first-order chi connectivity index (χ1) is 13.2. The summed E-state index contributed by atoms with van der Waals surface area (Å²) >= 11 is 0. The second-order valence-electron chi connectivity index (χ2n) is 6.29. The Morgan fingerprint density at radius 3 is 2.56 bits per heavy atom. The summed E-state index contributed by atoms with van der Waals surface area (Å²) < 4.78 is 10.6. The van der Waals surface area contributed by atoms with E-state index in [4.69, 9.17) is 9.47 Å². The van der Waals surface area contributed by atoms with Crippen LogP contribution >= 0.6 is 0 Å². The first kappa shape index (κ1) is 16.9. The summed E-state index contributed by atoms with van der Waals surface area (Å²) in [6, 6.07) is 17.1. The SMILES string of the molecule is Cc1ccc(CNc2ccc(C(=O)Nc3ccc4c(c3)OCO4)nc2)cc1. The molecular formula is C21H19N3O3. The van der Waals surface area contributed by atoms with Crippen LogP contribution in [0.3, 0.4) is 0 Å². The average Bonchev–Trinajstić information content (AvgIpc) is 3.16. The molecule has 6 nitrogen and oxygen atoms in total. The molecule has 2 heterocycles. The number of nitrogens with zero attached hydrogens (tertiary/aromatic N) is 1. The number of benzene rings is 2. The third kappa shape index (κ3) is 4.00. The lowest BCUT2D eigenvalue weighted by Gasteiger charge is -2.08. The number of hydrogen-bond donors (Lipinski definition) is 2. The summed E-state index contributed by atoms with van der Waals surface area (Å²) in [5, 5.41) is 6.11. The summed E-state index contributed by atoms with van der Waals surface area (Å²) in [7, 11) is 0. The zero-order valence-electron chi connectivity index (χ0n) is 14.9. The van der Waals surface area contributed by atoms with Gasteiger partial charge in [-0.05, 0) is 36.8 Å². The zero-order valence-corrected chi connectivity index (χ0v) is 14.9. The van der Waals surface area contributed by atoms with Crippen LogP contribution in [0.5, 0.6) is 11.5 Å². The van der Waals surface area contributed by atoms with E-state index in [1.54, 1.807) is 30.5 Å². The number of aromatic nitrogens is 1. The molecule has 4 rings (SSSR count). The molecule has 6 heteroatoms. The molecule has 0 radical (unpaired) electrons. The minimum Gasteiger partial charge on any atom is -0.454 e. The standard InChI is InChI=1S/C21H19N3O3/c1-14-2-4-15(5-3-14)11-22-17-6-8-18(23-12-17)21(25)24-16-7-9-19-20(10-16)27-13-26-19/h2-10,12,22H,11,13H2,1H3,(H,24,25). The van der Waals surface area contributed by atoms with E-state index in [0.717, 1.165) is 5.69 Å². The van der Waals surface area contributed by atoms with E-state index in [9.17, 15) is 4.79 Å². The van der Waals surface area contributed by atoms with Crippen molar-refractivity contribution in [3.63, 3.8) is 0 Å². The lowest BCUT2D eigenvalue weighted by Crippen LogP contribution is -2.13. The molecule has 3 aromatic rings. The molecule has 0 unspecified atom stereocenters. The lowest BCUT2D eigenvalue weighted by molar-refractivity contribution is 0.102. The summed E-state index contributed by atoms with van der Waals surface area (Å²) in [5.41, 5.74) is 4.25. The van der Waals surface area contributed by atoms with Crippen LogP contribution in [0.1, 0.15) is 21.6 Å². The Bertz CT molecular complexity index is 953. The number of nitrogens with one attached hydrogen (secondary N) is 2. The molecule has 0 saturated heterocycles. The molecule has 27 heavy (non-hydrogen) atoms. The monoisotopic (exact) mass is 361 g/mol. The maximum atomic E-state index is 12.4. The fraction of sp³-hybridized carbons (Fsp3) is 0.143. The highest BCUT2D eigenvalue weighted by Crippen LogP contribution is 2.34. The van der Waals surface area contributed by atoms with Crippen molar-refractivity contribution in [1.82, 2.24) is 4.98 Å². The number of ether oxygens (including phenoxy) is 2. The number of pyridine rings is 1. The van der Waals surface area contributed by atoms with Gasteiger partial charge in [-0.15, -0.1) is 0 Å².